The normalized spacial score (nSPS) is 9.60. The van der Waals surface area contributed by atoms with Crippen molar-refractivity contribution < 1.29 is 0 Å². The van der Waals surface area contributed by atoms with Crippen molar-refractivity contribution in [3.05, 3.63) is 12.4 Å². The molecule has 0 saturated heterocycles. The van der Waals surface area contributed by atoms with Gasteiger partial charge in [0, 0.05) is 18.4 Å². The van der Waals surface area contributed by atoms with Crippen molar-refractivity contribution in [3.63, 3.8) is 0 Å². The van der Waals surface area contributed by atoms with Gasteiger partial charge in [0.1, 0.15) is 17.2 Å². The molecule has 0 aliphatic carbocycles. The predicted octanol–water partition coefficient (Wildman–Crippen LogP) is 1.98. The zero-order valence-corrected chi connectivity index (χ0v) is 10.2. The Morgan fingerprint density at radius 3 is 3.13 bits per heavy atom. The molecule has 1 rings (SSSR count). The lowest BCUT2D eigenvalue weighted by Gasteiger charge is -2.04. The number of thioether (sulfide) groups is 2. The number of nitrogens with zero attached hydrogens (tertiary/aromatic N) is 2. The third-order valence-corrected chi connectivity index (χ3v) is 3.09. The van der Waals surface area contributed by atoms with Gasteiger partial charge in [-0.15, -0.1) is 29.9 Å². The molecule has 0 amide bonds. The van der Waals surface area contributed by atoms with E-state index < -0.39 is 0 Å². The van der Waals surface area contributed by atoms with E-state index in [2.05, 4.69) is 21.2 Å². The second-order valence-electron chi connectivity index (χ2n) is 2.63. The molecular weight excluding hydrogens is 226 g/mol. The van der Waals surface area contributed by atoms with Crippen LogP contribution in [0.3, 0.4) is 0 Å². The van der Waals surface area contributed by atoms with Crippen molar-refractivity contribution in [1.82, 2.24) is 9.97 Å². The van der Waals surface area contributed by atoms with Gasteiger partial charge in [0.2, 0.25) is 0 Å². The highest BCUT2D eigenvalue weighted by Gasteiger charge is 1.96. The molecule has 0 aliphatic heterocycles. The van der Waals surface area contributed by atoms with E-state index >= 15 is 0 Å². The zero-order chi connectivity index (χ0) is 10.9. The van der Waals surface area contributed by atoms with Crippen LogP contribution in [0, 0.1) is 12.3 Å². The van der Waals surface area contributed by atoms with Crippen LogP contribution in [-0.4, -0.2) is 34.3 Å². The van der Waals surface area contributed by atoms with Gasteiger partial charge >= 0.3 is 0 Å². The summed E-state index contributed by atoms with van der Waals surface area (Å²) in [5.41, 5.74) is 0. The molecule has 0 radical (unpaired) electrons. The zero-order valence-electron chi connectivity index (χ0n) is 8.56. The molecule has 1 N–H and O–H groups in total. The number of anilines is 1. The average molecular weight is 239 g/mol. The predicted molar refractivity (Wildman–Crippen MR) is 68.5 cm³/mol. The Bertz CT molecular complexity index is 336. The Morgan fingerprint density at radius 1 is 1.53 bits per heavy atom. The van der Waals surface area contributed by atoms with E-state index in [0.29, 0.717) is 0 Å². The van der Waals surface area contributed by atoms with Gasteiger partial charge < -0.3 is 5.32 Å². The summed E-state index contributed by atoms with van der Waals surface area (Å²) in [7, 11) is 0. The number of nitrogens with one attached hydrogen (secondary N) is 1. The first-order valence-electron chi connectivity index (χ1n) is 4.48. The molecule has 0 saturated carbocycles. The molecule has 0 aromatic carbocycles. The summed E-state index contributed by atoms with van der Waals surface area (Å²) in [6.45, 7) is 0.872. The van der Waals surface area contributed by atoms with E-state index in [0.717, 1.165) is 28.9 Å². The number of rotatable bonds is 6. The summed E-state index contributed by atoms with van der Waals surface area (Å²) in [5, 5.41) is 4.20. The molecule has 3 nitrogen and oxygen atoms in total. The quantitative estimate of drug-likeness (QED) is 0.355. The Kier molecular flexibility index (Phi) is 6.05. The highest BCUT2D eigenvalue weighted by Crippen LogP contribution is 2.13. The van der Waals surface area contributed by atoms with Gasteiger partial charge in [-0.05, 0) is 6.26 Å². The first-order valence-corrected chi connectivity index (χ1v) is 6.86. The summed E-state index contributed by atoms with van der Waals surface area (Å²) in [6.07, 6.45) is 8.71. The molecule has 1 heterocycles. The Balaban J connectivity index is 2.28. The van der Waals surface area contributed by atoms with Crippen LogP contribution >= 0.6 is 23.5 Å². The fraction of sp³-hybridized carbons (Fsp3) is 0.400. The maximum absolute atomic E-state index is 5.15. The van der Waals surface area contributed by atoms with Crippen molar-refractivity contribution in [2.75, 3.05) is 29.6 Å². The van der Waals surface area contributed by atoms with Crippen molar-refractivity contribution in [2.45, 2.75) is 5.03 Å². The van der Waals surface area contributed by atoms with E-state index in [1.807, 2.05) is 12.3 Å². The van der Waals surface area contributed by atoms with Crippen LogP contribution in [0.15, 0.2) is 17.4 Å². The second-order valence-corrected chi connectivity index (χ2v) is 4.56. The van der Waals surface area contributed by atoms with Crippen molar-refractivity contribution >= 4 is 29.3 Å². The van der Waals surface area contributed by atoms with E-state index in [1.165, 1.54) is 0 Å². The van der Waals surface area contributed by atoms with Crippen LogP contribution in [0.1, 0.15) is 0 Å². The van der Waals surface area contributed by atoms with Crippen LogP contribution in [0.2, 0.25) is 0 Å². The minimum Gasteiger partial charge on any atom is -0.369 e. The standard InChI is InChI=1S/C10H13N3S2/c1-3-5-15-6-4-11-9-7-10(14-2)13-8-12-9/h1,7-8H,4-6H2,2H3,(H,11,12,13). The lowest BCUT2D eigenvalue weighted by molar-refractivity contribution is 1.03. The molecule has 5 heteroatoms. The third-order valence-electron chi connectivity index (χ3n) is 1.59. The lowest BCUT2D eigenvalue weighted by Crippen LogP contribution is -2.06. The van der Waals surface area contributed by atoms with Gasteiger partial charge in [-0.25, -0.2) is 9.97 Å². The van der Waals surface area contributed by atoms with Crippen molar-refractivity contribution in [3.8, 4) is 12.3 Å². The molecule has 0 unspecified atom stereocenters. The van der Waals surface area contributed by atoms with Crippen LogP contribution < -0.4 is 5.32 Å². The largest absolute Gasteiger partial charge is 0.369 e. The van der Waals surface area contributed by atoms with Crippen LogP contribution in [0.25, 0.3) is 0 Å². The molecular formula is C10H13N3S2. The van der Waals surface area contributed by atoms with Crippen LogP contribution in [0.5, 0.6) is 0 Å². The molecule has 0 spiro atoms. The maximum Gasteiger partial charge on any atom is 0.130 e. The molecule has 15 heavy (non-hydrogen) atoms. The highest BCUT2D eigenvalue weighted by atomic mass is 32.2. The van der Waals surface area contributed by atoms with Crippen molar-refractivity contribution in [2.24, 2.45) is 0 Å². The second kappa shape index (κ2) is 7.43. The first-order chi connectivity index (χ1) is 7.36. The van der Waals surface area contributed by atoms with Gasteiger partial charge in [0.15, 0.2) is 0 Å². The SMILES string of the molecule is C#CCSCCNc1cc(SC)ncn1. The Morgan fingerprint density at radius 2 is 2.40 bits per heavy atom. The van der Waals surface area contributed by atoms with Gasteiger partial charge in [-0.3, -0.25) is 0 Å². The molecule has 0 bridgehead atoms. The monoisotopic (exact) mass is 239 g/mol. The average Bonchev–Trinajstić information content (AvgIpc) is 2.29. The Labute approximate surface area is 98.9 Å². The third kappa shape index (κ3) is 4.96. The number of hydrogen-bond donors (Lipinski definition) is 1. The highest BCUT2D eigenvalue weighted by molar-refractivity contribution is 7.99. The lowest BCUT2D eigenvalue weighted by atomic mass is 10.5. The fourth-order valence-electron chi connectivity index (χ4n) is 0.930. The fourth-order valence-corrected chi connectivity index (χ4v) is 1.82. The number of hydrogen-bond acceptors (Lipinski definition) is 5. The summed E-state index contributed by atoms with van der Waals surface area (Å²) in [5.74, 6) is 5.22. The minimum absolute atomic E-state index is 0.765. The summed E-state index contributed by atoms with van der Waals surface area (Å²) >= 11 is 3.34. The summed E-state index contributed by atoms with van der Waals surface area (Å²) in [4.78, 5) is 8.22. The number of terminal acetylenes is 1. The maximum atomic E-state index is 5.15. The van der Waals surface area contributed by atoms with Crippen LogP contribution in [0.4, 0.5) is 5.82 Å². The van der Waals surface area contributed by atoms with E-state index in [4.69, 9.17) is 6.42 Å². The molecule has 0 fully saturated rings. The van der Waals surface area contributed by atoms with Gasteiger partial charge in [-0.2, -0.15) is 0 Å². The van der Waals surface area contributed by atoms with Gasteiger partial charge in [0.05, 0.1) is 5.75 Å². The Hall–Kier alpha value is -0.860. The number of aromatic nitrogens is 2. The molecule has 0 atom stereocenters. The summed E-state index contributed by atoms with van der Waals surface area (Å²) in [6, 6.07) is 1.94. The van der Waals surface area contributed by atoms with Crippen molar-refractivity contribution in [1.29, 1.82) is 0 Å². The topological polar surface area (TPSA) is 37.8 Å². The molecule has 1 aromatic heterocycles. The van der Waals surface area contributed by atoms with Gasteiger partial charge in [-0.1, -0.05) is 5.92 Å². The van der Waals surface area contributed by atoms with E-state index in [9.17, 15) is 0 Å². The van der Waals surface area contributed by atoms with Crippen LogP contribution in [-0.2, 0) is 0 Å². The minimum atomic E-state index is 0.765. The molecule has 80 valence electrons. The van der Waals surface area contributed by atoms with E-state index in [1.54, 1.807) is 29.9 Å². The van der Waals surface area contributed by atoms with E-state index in [-0.39, 0.29) is 0 Å². The molecule has 0 aliphatic rings. The smallest absolute Gasteiger partial charge is 0.130 e. The molecule has 1 aromatic rings. The first kappa shape index (κ1) is 12.2. The van der Waals surface area contributed by atoms with Gasteiger partial charge in [0.25, 0.3) is 0 Å². The summed E-state index contributed by atoms with van der Waals surface area (Å²) < 4.78 is 0.